The summed E-state index contributed by atoms with van der Waals surface area (Å²) in [7, 11) is 1.22. The molecule has 1 aromatic rings. The van der Waals surface area contributed by atoms with Crippen LogP contribution in [0.15, 0.2) is 35.5 Å². The van der Waals surface area contributed by atoms with Crippen LogP contribution in [0.2, 0.25) is 0 Å². The average Bonchev–Trinajstić information content (AvgIpc) is 2.73. The zero-order valence-electron chi connectivity index (χ0n) is 17.2. The van der Waals surface area contributed by atoms with E-state index in [2.05, 4.69) is 5.32 Å². The Morgan fingerprint density at radius 1 is 1.37 bits per heavy atom. The summed E-state index contributed by atoms with van der Waals surface area (Å²) in [4.78, 5) is 36.0. The van der Waals surface area contributed by atoms with Crippen LogP contribution in [-0.2, 0) is 19.1 Å². The van der Waals surface area contributed by atoms with Crippen LogP contribution in [-0.4, -0.2) is 47.3 Å². The maximum absolute atomic E-state index is 12.7. The number of ether oxygens (including phenoxy) is 2. The first kappa shape index (κ1) is 21.8. The third-order valence-electron chi connectivity index (χ3n) is 6.11. The van der Waals surface area contributed by atoms with E-state index in [9.17, 15) is 24.8 Å². The van der Waals surface area contributed by atoms with Gasteiger partial charge in [-0.1, -0.05) is 12.1 Å². The Labute approximate surface area is 174 Å². The fourth-order valence-electron chi connectivity index (χ4n) is 4.77. The predicted octanol–water partition coefficient (Wildman–Crippen LogP) is 2.76. The lowest BCUT2D eigenvalue weighted by atomic mass is 9.64. The van der Waals surface area contributed by atoms with Gasteiger partial charge in [-0.25, -0.2) is 4.79 Å². The van der Waals surface area contributed by atoms with Gasteiger partial charge in [-0.3, -0.25) is 14.9 Å². The van der Waals surface area contributed by atoms with Gasteiger partial charge < -0.3 is 19.9 Å². The SMILES string of the molecule is COC(=O)C1=C(C)NC(C)(C2CCCCO2)C(C(=O)O)[C@H]1c1cccc([N+](=O)[O-])c1. The molecule has 3 rings (SSSR count). The number of esters is 1. The summed E-state index contributed by atoms with van der Waals surface area (Å²) < 4.78 is 10.9. The number of carbonyl (C=O) groups is 2. The van der Waals surface area contributed by atoms with Crippen molar-refractivity contribution in [3.05, 3.63) is 51.2 Å². The molecule has 9 nitrogen and oxygen atoms in total. The molecule has 0 aromatic heterocycles. The normalized spacial score (nSPS) is 29.1. The Morgan fingerprint density at radius 3 is 2.67 bits per heavy atom. The predicted molar refractivity (Wildman–Crippen MR) is 107 cm³/mol. The number of benzene rings is 1. The van der Waals surface area contributed by atoms with Crippen molar-refractivity contribution in [2.45, 2.75) is 50.7 Å². The standard InChI is InChI=1S/C21H26N2O7/c1-12-16(20(26)29-3)17(13-7-6-8-14(11-13)23(27)28)18(19(24)25)21(2,22-12)15-9-4-5-10-30-15/h6-8,11,15,17-18,22H,4-5,9-10H2,1-3H3,(H,24,25)/t15?,17-,18?,21?/m0/s1. The van der Waals surface area contributed by atoms with E-state index >= 15 is 0 Å². The monoisotopic (exact) mass is 418 g/mol. The Kier molecular flexibility index (Phi) is 6.12. The van der Waals surface area contributed by atoms with E-state index in [4.69, 9.17) is 9.47 Å². The smallest absolute Gasteiger partial charge is 0.336 e. The van der Waals surface area contributed by atoms with E-state index in [1.54, 1.807) is 19.9 Å². The zero-order chi connectivity index (χ0) is 22.1. The molecule has 2 heterocycles. The number of carboxylic acids is 1. The van der Waals surface area contributed by atoms with Gasteiger partial charge in [0.2, 0.25) is 0 Å². The number of nitrogens with one attached hydrogen (secondary N) is 1. The highest BCUT2D eigenvalue weighted by atomic mass is 16.6. The molecule has 0 bridgehead atoms. The van der Waals surface area contributed by atoms with Crippen molar-refractivity contribution in [2.24, 2.45) is 5.92 Å². The third kappa shape index (κ3) is 3.77. The van der Waals surface area contributed by atoms with Crippen molar-refractivity contribution in [1.82, 2.24) is 5.32 Å². The first-order chi connectivity index (χ1) is 14.2. The highest BCUT2D eigenvalue weighted by molar-refractivity contribution is 5.93. The summed E-state index contributed by atoms with van der Waals surface area (Å²) in [6, 6.07) is 5.76. The topological polar surface area (TPSA) is 128 Å². The molecule has 1 saturated heterocycles. The number of hydrogen-bond acceptors (Lipinski definition) is 7. The van der Waals surface area contributed by atoms with E-state index < -0.39 is 34.2 Å². The number of methoxy groups -OCH3 is 1. The fourth-order valence-corrected chi connectivity index (χ4v) is 4.77. The van der Waals surface area contributed by atoms with Crippen LogP contribution in [0.3, 0.4) is 0 Å². The minimum Gasteiger partial charge on any atom is -0.481 e. The number of carboxylic acid groups (broad SMARTS) is 1. The number of hydrogen-bond donors (Lipinski definition) is 2. The quantitative estimate of drug-likeness (QED) is 0.424. The molecule has 9 heteroatoms. The van der Waals surface area contributed by atoms with Crippen molar-refractivity contribution in [3.8, 4) is 0 Å². The van der Waals surface area contributed by atoms with Gasteiger partial charge in [0, 0.05) is 30.4 Å². The minimum absolute atomic E-state index is 0.152. The lowest BCUT2D eigenvalue weighted by molar-refractivity contribution is -0.384. The van der Waals surface area contributed by atoms with Crippen molar-refractivity contribution >= 4 is 17.6 Å². The van der Waals surface area contributed by atoms with E-state index in [0.29, 0.717) is 24.3 Å². The Morgan fingerprint density at radius 2 is 2.10 bits per heavy atom. The number of allylic oxidation sites excluding steroid dienone is 1. The van der Waals surface area contributed by atoms with Crippen LogP contribution in [0.5, 0.6) is 0 Å². The number of rotatable bonds is 5. The van der Waals surface area contributed by atoms with Crippen LogP contribution in [0, 0.1) is 16.0 Å². The van der Waals surface area contributed by atoms with Crippen molar-refractivity contribution in [3.63, 3.8) is 0 Å². The van der Waals surface area contributed by atoms with E-state index in [0.717, 1.165) is 12.8 Å². The Balaban J connectivity index is 2.22. The highest BCUT2D eigenvalue weighted by Crippen LogP contribution is 2.47. The van der Waals surface area contributed by atoms with Gasteiger partial charge >= 0.3 is 11.9 Å². The molecule has 1 aromatic carbocycles. The van der Waals surface area contributed by atoms with Gasteiger partial charge in [0.15, 0.2) is 0 Å². The van der Waals surface area contributed by atoms with E-state index in [1.165, 1.54) is 25.3 Å². The summed E-state index contributed by atoms with van der Waals surface area (Å²) in [5.74, 6) is -3.84. The molecule has 30 heavy (non-hydrogen) atoms. The summed E-state index contributed by atoms with van der Waals surface area (Å²) in [6.45, 7) is 4.00. The van der Waals surface area contributed by atoms with Crippen molar-refractivity contribution < 1.29 is 29.1 Å². The van der Waals surface area contributed by atoms with Crippen molar-refractivity contribution in [2.75, 3.05) is 13.7 Å². The molecule has 0 aliphatic carbocycles. The van der Waals surface area contributed by atoms with Crippen LogP contribution < -0.4 is 5.32 Å². The molecule has 0 radical (unpaired) electrons. The lowest BCUT2D eigenvalue weighted by Gasteiger charge is -2.50. The number of nitro benzene ring substituents is 1. The molecule has 0 amide bonds. The maximum Gasteiger partial charge on any atom is 0.336 e. The van der Waals surface area contributed by atoms with Crippen LogP contribution in [0.4, 0.5) is 5.69 Å². The highest BCUT2D eigenvalue weighted by Gasteiger charge is 2.55. The van der Waals surface area contributed by atoms with Crippen molar-refractivity contribution in [1.29, 1.82) is 0 Å². The van der Waals surface area contributed by atoms with E-state index in [1.807, 2.05) is 0 Å². The van der Waals surface area contributed by atoms with Gasteiger partial charge in [-0.05, 0) is 38.7 Å². The molecule has 0 spiro atoms. The molecular weight excluding hydrogens is 392 g/mol. The molecule has 0 saturated carbocycles. The summed E-state index contributed by atoms with van der Waals surface area (Å²) >= 11 is 0. The molecule has 4 atom stereocenters. The maximum atomic E-state index is 12.7. The first-order valence-corrected chi connectivity index (χ1v) is 9.86. The number of nitrogens with zero attached hydrogens (tertiary/aromatic N) is 1. The van der Waals surface area contributed by atoms with E-state index in [-0.39, 0.29) is 17.4 Å². The largest absolute Gasteiger partial charge is 0.481 e. The number of aliphatic carboxylic acids is 1. The van der Waals surface area contributed by atoms with Gasteiger partial charge in [0.1, 0.15) is 0 Å². The molecule has 2 N–H and O–H groups in total. The second-order valence-corrected chi connectivity index (χ2v) is 7.94. The van der Waals surface area contributed by atoms with Gasteiger partial charge in [0.05, 0.1) is 35.2 Å². The molecule has 1 fully saturated rings. The Hall–Kier alpha value is -2.94. The first-order valence-electron chi connectivity index (χ1n) is 9.86. The van der Waals surface area contributed by atoms with Crippen LogP contribution in [0.25, 0.3) is 0 Å². The number of carbonyl (C=O) groups excluding carboxylic acids is 1. The Bertz CT molecular complexity index is 891. The molecule has 162 valence electrons. The third-order valence-corrected chi connectivity index (χ3v) is 6.11. The molecule has 2 aliphatic rings. The number of nitro groups is 1. The van der Waals surface area contributed by atoms with Gasteiger partial charge in [-0.2, -0.15) is 0 Å². The second-order valence-electron chi connectivity index (χ2n) is 7.94. The number of non-ortho nitro benzene ring substituents is 1. The lowest BCUT2D eigenvalue weighted by Crippen LogP contribution is -2.64. The summed E-state index contributed by atoms with van der Waals surface area (Å²) in [6.07, 6.45) is 2.10. The zero-order valence-corrected chi connectivity index (χ0v) is 17.2. The molecule has 3 unspecified atom stereocenters. The minimum atomic E-state index is -1.12. The molecule has 2 aliphatic heterocycles. The average molecular weight is 418 g/mol. The second kappa shape index (κ2) is 8.43. The summed E-state index contributed by atoms with van der Waals surface area (Å²) in [5, 5.41) is 24.8. The van der Waals surface area contributed by atoms with Crippen LogP contribution >= 0.6 is 0 Å². The fraction of sp³-hybridized carbons (Fsp3) is 0.524. The van der Waals surface area contributed by atoms with Gasteiger partial charge in [-0.15, -0.1) is 0 Å². The molecular formula is C21H26N2O7. The van der Waals surface area contributed by atoms with Crippen LogP contribution in [0.1, 0.15) is 44.6 Å². The summed E-state index contributed by atoms with van der Waals surface area (Å²) in [5.41, 5.74) is -0.192. The van der Waals surface area contributed by atoms with Gasteiger partial charge in [0.25, 0.3) is 5.69 Å².